The van der Waals surface area contributed by atoms with Crippen LogP contribution in [-0.4, -0.2) is 24.7 Å². The van der Waals surface area contributed by atoms with Gasteiger partial charge < -0.3 is 9.32 Å². The van der Waals surface area contributed by atoms with Crippen molar-refractivity contribution >= 4 is 15.5 Å². The molecule has 0 saturated carbocycles. The van der Waals surface area contributed by atoms with E-state index in [4.69, 9.17) is 4.42 Å². The van der Waals surface area contributed by atoms with Crippen molar-refractivity contribution in [2.24, 2.45) is 0 Å². The van der Waals surface area contributed by atoms with E-state index in [9.17, 15) is 8.42 Å². The van der Waals surface area contributed by atoms with E-state index in [-0.39, 0.29) is 5.03 Å². The fraction of sp³-hybridized carbons (Fsp3) is 0.438. The van der Waals surface area contributed by atoms with Crippen molar-refractivity contribution in [3.8, 4) is 0 Å². The Morgan fingerprint density at radius 1 is 1.23 bits per heavy atom. The molecule has 0 bridgehead atoms. The van der Waals surface area contributed by atoms with Gasteiger partial charge in [0.15, 0.2) is 14.9 Å². The predicted octanol–water partition coefficient (Wildman–Crippen LogP) is 3.27. The maximum absolute atomic E-state index is 12.4. The summed E-state index contributed by atoms with van der Waals surface area (Å²) in [6, 6.07) is 5.29. The Kier molecular flexibility index (Phi) is 4.60. The molecule has 0 amide bonds. The second kappa shape index (κ2) is 6.12. The molecular formula is C16H22N2O3S. The quantitative estimate of drug-likeness (QED) is 0.845. The zero-order valence-corrected chi connectivity index (χ0v) is 14.2. The van der Waals surface area contributed by atoms with E-state index in [1.54, 1.807) is 51.6 Å². The molecule has 0 N–H and O–H groups in total. The molecule has 0 atom stereocenters. The van der Waals surface area contributed by atoms with Crippen molar-refractivity contribution in [3.05, 3.63) is 42.5 Å². The van der Waals surface area contributed by atoms with E-state index < -0.39 is 14.6 Å². The fourth-order valence-corrected chi connectivity index (χ4v) is 3.09. The molecule has 0 unspecified atom stereocenters. The molecule has 0 aromatic carbocycles. The van der Waals surface area contributed by atoms with Gasteiger partial charge in [-0.3, -0.25) is 0 Å². The standard InChI is InChI=1S/C16H22N2O3S/c1-5-18(11-13-8-9-21-12-13)14-6-7-15(17-10-14)22(19,20)16(2,3)4/h6-10,12H,5,11H2,1-4H3. The molecule has 0 radical (unpaired) electrons. The van der Waals surface area contributed by atoms with Crippen LogP contribution >= 0.6 is 0 Å². The summed E-state index contributed by atoms with van der Waals surface area (Å²) >= 11 is 0. The van der Waals surface area contributed by atoms with Crippen molar-refractivity contribution in [1.29, 1.82) is 0 Å². The average molecular weight is 322 g/mol. The minimum absolute atomic E-state index is 0.114. The topological polar surface area (TPSA) is 63.4 Å². The van der Waals surface area contributed by atoms with E-state index in [0.717, 1.165) is 17.8 Å². The van der Waals surface area contributed by atoms with Gasteiger partial charge in [0, 0.05) is 18.7 Å². The van der Waals surface area contributed by atoms with Crippen molar-refractivity contribution in [2.75, 3.05) is 11.4 Å². The summed E-state index contributed by atoms with van der Waals surface area (Å²) in [5.74, 6) is 0. The lowest BCUT2D eigenvalue weighted by Crippen LogP contribution is -2.29. The highest BCUT2D eigenvalue weighted by Crippen LogP contribution is 2.25. The minimum atomic E-state index is -3.42. The monoisotopic (exact) mass is 322 g/mol. The Labute approximate surface area is 131 Å². The van der Waals surface area contributed by atoms with Crippen molar-refractivity contribution in [2.45, 2.75) is 44.0 Å². The lowest BCUT2D eigenvalue weighted by atomic mass is 10.3. The predicted molar refractivity (Wildman–Crippen MR) is 86.6 cm³/mol. The molecule has 0 spiro atoms. The molecule has 0 aliphatic carbocycles. The van der Waals surface area contributed by atoms with Crippen LogP contribution in [-0.2, 0) is 16.4 Å². The van der Waals surface area contributed by atoms with E-state index in [1.807, 2.05) is 13.0 Å². The molecule has 5 nitrogen and oxygen atoms in total. The van der Waals surface area contributed by atoms with Crippen molar-refractivity contribution in [3.63, 3.8) is 0 Å². The highest BCUT2D eigenvalue weighted by molar-refractivity contribution is 7.92. The van der Waals surface area contributed by atoms with Crippen LogP contribution in [0.2, 0.25) is 0 Å². The largest absolute Gasteiger partial charge is 0.472 e. The zero-order valence-electron chi connectivity index (χ0n) is 13.4. The SMILES string of the molecule is CCN(Cc1ccoc1)c1ccc(S(=O)(=O)C(C)(C)C)nc1. The molecule has 0 saturated heterocycles. The molecule has 0 fully saturated rings. The number of sulfone groups is 1. The number of pyridine rings is 1. The Hall–Kier alpha value is -1.82. The highest BCUT2D eigenvalue weighted by atomic mass is 32.2. The normalized spacial score (nSPS) is 12.4. The maximum atomic E-state index is 12.4. The Bertz CT molecular complexity index is 699. The van der Waals surface area contributed by atoms with Gasteiger partial charge in [-0.05, 0) is 45.9 Å². The van der Waals surface area contributed by atoms with Gasteiger partial charge in [0.2, 0.25) is 0 Å². The molecule has 2 heterocycles. The first-order valence-corrected chi connectivity index (χ1v) is 8.70. The number of nitrogens with zero attached hydrogens (tertiary/aromatic N) is 2. The third kappa shape index (κ3) is 3.32. The number of rotatable bonds is 5. The fourth-order valence-electron chi connectivity index (χ4n) is 2.02. The van der Waals surface area contributed by atoms with Gasteiger partial charge in [0.05, 0.1) is 29.2 Å². The van der Waals surface area contributed by atoms with Gasteiger partial charge in [-0.2, -0.15) is 0 Å². The van der Waals surface area contributed by atoms with Crippen molar-refractivity contribution in [1.82, 2.24) is 4.98 Å². The third-order valence-corrected chi connectivity index (χ3v) is 5.91. The average Bonchev–Trinajstić information content (AvgIpc) is 2.96. The lowest BCUT2D eigenvalue weighted by molar-refractivity contribution is 0.556. The van der Waals surface area contributed by atoms with Gasteiger partial charge in [0.1, 0.15) is 0 Å². The molecular weight excluding hydrogens is 300 g/mol. The number of anilines is 1. The minimum Gasteiger partial charge on any atom is -0.472 e. The first-order valence-electron chi connectivity index (χ1n) is 7.22. The molecule has 2 aromatic heterocycles. The first kappa shape index (κ1) is 16.5. The van der Waals surface area contributed by atoms with Gasteiger partial charge in [0.25, 0.3) is 0 Å². The first-order chi connectivity index (χ1) is 10.3. The smallest absolute Gasteiger partial charge is 0.200 e. The van der Waals surface area contributed by atoms with Gasteiger partial charge in [-0.25, -0.2) is 13.4 Å². The zero-order chi connectivity index (χ0) is 16.4. The summed E-state index contributed by atoms with van der Waals surface area (Å²) in [6.45, 7) is 8.55. The lowest BCUT2D eigenvalue weighted by Gasteiger charge is -2.23. The summed E-state index contributed by atoms with van der Waals surface area (Å²) in [5.41, 5.74) is 1.95. The number of hydrogen-bond acceptors (Lipinski definition) is 5. The molecule has 2 rings (SSSR count). The second-order valence-electron chi connectivity index (χ2n) is 6.12. The van der Waals surface area contributed by atoms with Crippen LogP contribution in [0, 0.1) is 0 Å². The van der Waals surface area contributed by atoms with E-state index in [2.05, 4.69) is 9.88 Å². The number of aromatic nitrogens is 1. The molecule has 2 aromatic rings. The summed E-state index contributed by atoms with van der Waals surface area (Å²) < 4.78 is 29.0. The van der Waals surface area contributed by atoms with Crippen LogP contribution in [0.5, 0.6) is 0 Å². The molecule has 120 valence electrons. The van der Waals surface area contributed by atoms with Crippen LogP contribution in [0.15, 0.2) is 46.4 Å². The van der Waals surface area contributed by atoms with Gasteiger partial charge >= 0.3 is 0 Å². The Morgan fingerprint density at radius 2 is 1.95 bits per heavy atom. The highest BCUT2D eigenvalue weighted by Gasteiger charge is 2.32. The maximum Gasteiger partial charge on any atom is 0.200 e. The Balaban J connectivity index is 2.24. The van der Waals surface area contributed by atoms with Crippen LogP contribution in [0.4, 0.5) is 5.69 Å². The number of hydrogen-bond donors (Lipinski definition) is 0. The summed E-state index contributed by atoms with van der Waals surface area (Å²) in [6.07, 6.45) is 4.96. The number of furan rings is 1. The van der Waals surface area contributed by atoms with E-state index in [0.29, 0.717) is 6.54 Å². The van der Waals surface area contributed by atoms with Crippen LogP contribution in [0.1, 0.15) is 33.3 Å². The third-order valence-electron chi connectivity index (χ3n) is 3.50. The van der Waals surface area contributed by atoms with Crippen LogP contribution in [0.3, 0.4) is 0 Å². The van der Waals surface area contributed by atoms with Gasteiger partial charge in [-0.15, -0.1) is 0 Å². The summed E-state index contributed by atoms with van der Waals surface area (Å²) in [7, 11) is -3.42. The van der Waals surface area contributed by atoms with E-state index in [1.165, 1.54) is 0 Å². The summed E-state index contributed by atoms with van der Waals surface area (Å²) in [4.78, 5) is 6.26. The molecule has 0 aliphatic rings. The molecule has 22 heavy (non-hydrogen) atoms. The molecule has 0 aliphatic heterocycles. The van der Waals surface area contributed by atoms with Crippen LogP contribution < -0.4 is 4.90 Å². The van der Waals surface area contributed by atoms with Gasteiger partial charge in [-0.1, -0.05) is 0 Å². The summed E-state index contributed by atoms with van der Waals surface area (Å²) in [5, 5.41) is 0.114. The molecule has 6 heteroatoms. The van der Waals surface area contributed by atoms with E-state index >= 15 is 0 Å². The Morgan fingerprint density at radius 3 is 2.41 bits per heavy atom. The van der Waals surface area contributed by atoms with Crippen LogP contribution in [0.25, 0.3) is 0 Å². The van der Waals surface area contributed by atoms with Crippen molar-refractivity contribution < 1.29 is 12.8 Å². The second-order valence-corrected chi connectivity index (χ2v) is 8.77.